The summed E-state index contributed by atoms with van der Waals surface area (Å²) in [6.07, 6.45) is 0.537. The van der Waals surface area contributed by atoms with Crippen molar-refractivity contribution in [3.63, 3.8) is 0 Å². The fourth-order valence-electron chi connectivity index (χ4n) is 2.68. The number of methoxy groups -OCH3 is 1. The first kappa shape index (κ1) is 18.9. The van der Waals surface area contributed by atoms with Crippen LogP contribution in [0.2, 0.25) is 0 Å². The van der Waals surface area contributed by atoms with E-state index < -0.39 is 5.60 Å². The van der Waals surface area contributed by atoms with E-state index in [0.29, 0.717) is 36.6 Å². The first-order chi connectivity index (χ1) is 11.7. The Morgan fingerprint density at radius 2 is 2.08 bits per heavy atom. The average molecular weight is 349 g/mol. The summed E-state index contributed by atoms with van der Waals surface area (Å²) in [4.78, 5) is 26.0. The van der Waals surface area contributed by atoms with E-state index in [-0.39, 0.29) is 17.9 Å². The maximum absolute atomic E-state index is 12.3. The number of hydrogen-bond acceptors (Lipinski definition) is 5. The van der Waals surface area contributed by atoms with Crippen molar-refractivity contribution in [2.45, 2.75) is 32.8 Å². The van der Waals surface area contributed by atoms with Gasteiger partial charge in [-0.3, -0.25) is 4.79 Å². The monoisotopic (exact) mass is 349 g/mol. The molecule has 7 heteroatoms. The Balaban J connectivity index is 1.84. The molecule has 0 spiro atoms. The molecule has 0 bridgehead atoms. The summed E-state index contributed by atoms with van der Waals surface area (Å²) in [6.45, 7) is 7.27. The van der Waals surface area contributed by atoms with Gasteiger partial charge in [0, 0.05) is 25.2 Å². The third kappa shape index (κ3) is 5.27. The quantitative estimate of drug-likeness (QED) is 0.813. The van der Waals surface area contributed by atoms with Gasteiger partial charge in [-0.2, -0.15) is 0 Å². The molecule has 1 aromatic carbocycles. The number of nitrogens with two attached hydrogens (primary N) is 1. The minimum absolute atomic E-state index is 0.186. The van der Waals surface area contributed by atoms with Crippen LogP contribution in [0.5, 0.6) is 5.75 Å². The molecule has 1 fully saturated rings. The van der Waals surface area contributed by atoms with Crippen molar-refractivity contribution in [2.75, 3.05) is 32.5 Å². The molecule has 2 amide bonds. The van der Waals surface area contributed by atoms with E-state index >= 15 is 0 Å². The van der Waals surface area contributed by atoms with Gasteiger partial charge in [0.25, 0.3) is 5.91 Å². The first-order valence-corrected chi connectivity index (χ1v) is 8.39. The predicted molar refractivity (Wildman–Crippen MR) is 95.7 cm³/mol. The van der Waals surface area contributed by atoms with Gasteiger partial charge in [-0.15, -0.1) is 0 Å². The second-order valence-electron chi connectivity index (χ2n) is 7.25. The van der Waals surface area contributed by atoms with Crippen molar-refractivity contribution in [3.05, 3.63) is 23.8 Å². The highest BCUT2D eigenvalue weighted by Gasteiger charge is 2.29. The average Bonchev–Trinajstić information content (AvgIpc) is 3.00. The minimum atomic E-state index is -0.502. The van der Waals surface area contributed by atoms with Crippen LogP contribution in [0.1, 0.15) is 37.6 Å². The van der Waals surface area contributed by atoms with Crippen LogP contribution in [0.15, 0.2) is 18.2 Å². The van der Waals surface area contributed by atoms with Gasteiger partial charge in [-0.1, -0.05) is 0 Å². The summed E-state index contributed by atoms with van der Waals surface area (Å²) in [5.74, 6) is 0.505. The van der Waals surface area contributed by atoms with E-state index in [1.165, 1.54) is 7.11 Å². The van der Waals surface area contributed by atoms with Crippen LogP contribution in [-0.4, -0.2) is 49.2 Å². The number of benzene rings is 1. The molecule has 0 aliphatic carbocycles. The second kappa shape index (κ2) is 7.63. The van der Waals surface area contributed by atoms with E-state index in [1.54, 1.807) is 23.1 Å². The van der Waals surface area contributed by atoms with E-state index in [9.17, 15) is 9.59 Å². The largest absolute Gasteiger partial charge is 0.495 e. The molecule has 1 atom stereocenters. The third-order valence-electron chi connectivity index (χ3n) is 3.98. The number of carbonyl (C=O) groups is 2. The zero-order chi connectivity index (χ0) is 18.6. The van der Waals surface area contributed by atoms with Crippen LogP contribution >= 0.6 is 0 Å². The Bertz CT molecular complexity index is 640. The molecule has 1 aliphatic rings. The minimum Gasteiger partial charge on any atom is -0.495 e. The molecule has 1 aliphatic heterocycles. The Morgan fingerprint density at radius 1 is 1.36 bits per heavy atom. The van der Waals surface area contributed by atoms with Crippen molar-refractivity contribution in [3.8, 4) is 5.75 Å². The second-order valence-corrected chi connectivity index (χ2v) is 7.25. The Morgan fingerprint density at radius 3 is 2.72 bits per heavy atom. The molecular formula is C18H27N3O4. The van der Waals surface area contributed by atoms with Gasteiger partial charge in [-0.25, -0.2) is 4.79 Å². The number of likely N-dealkylation sites (tertiary alicyclic amines) is 1. The molecule has 0 radical (unpaired) electrons. The number of hydrogen-bond donors (Lipinski definition) is 2. The van der Waals surface area contributed by atoms with Crippen molar-refractivity contribution < 1.29 is 19.1 Å². The van der Waals surface area contributed by atoms with Crippen LogP contribution in [0.4, 0.5) is 10.5 Å². The van der Waals surface area contributed by atoms with E-state index in [4.69, 9.17) is 15.2 Å². The molecular weight excluding hydrogens is 322 g/mol. The molecule has 2 rings (SSSR count). The van der Waals surface area contributed by atoms with E-state index in [2.05, 4.69) is 5.32 Å². The summed E-state index contributed by atoms with van der Waals surface area (Å²) >= 11 is 0. The zero-order valence-electron chi connectivity index (χ0n) is 15.3. The molecule has 0 saturated carbocycles. The molecule has 1 aromatic rings. The maximum atomic E-state index is 12.3. The number of nitrogens with zero attached hydrogens (tertiary/aromatic N) is 1. The summed E-state index contributed by atoms with van der Waals surface area (Å²) in [5.41, 5.74) is 6.23. The Labute approximate surface area is 148 Å². The topological polar surface area (TPSA) is 93.9 Å². The summed E-state index contributed by atoms with van der Waals surface area (Å²) in [7, 11) is 1.51. The smallest absolute Gasteiger partial charge is 0.410 e. The lowest BCUT2D eigenvalue weighted by Gasteiger charge is -2.24. The molecule has 1 unspecified atom stereocenters. The standard InChI is InChI=1S/C18H27N3O4/c1-18(2,3)25-17(23)21-8-7-12(11-21)10-20-16(22)13-5-6-14(19)15(9-13)24-4/h5-6,9,12H,7-8,10-11,19H2,1-4H3,(H,20,22). The fraction of sp³-hybridized carbons (Fsp3) is 0.556. The highest BCUT2D eigenvalue weighted by Crippen LogP contribution is 2.22. The fourth-order valence-corrected chi connectivity index (χ4v) is 2.68. The highest BCUT2D eigenvalue weighted by molar-refractivity contribution is 5.95. The van der Waals surface area contributed by atoms with Crippen LogP contribution in [0.25, 0.3) is 0 Å². The number of nitrogens with one attached hydrogen (secondary N) is 1. The van der Waals surface area contributed by atoms with Crippen molar-refractivity contribution >= 4 is 17.7 Å². The normalized spacial score (nSPS) is 17.3. The van der Waals surface area contributed by atoms with Crippen molar-refractivity contribution in [1.82, 2.24) is 10.2 Å². The van der Waals surface area contributed by atoms with Crippen LogP contribution < -0.4 is 15.8 Å². The van der Waals surface area contributed by atoms with Crippen LogP contribution in [0.3, 0.4) is 0 Å². The van der Waals surface area contributed by atoms with Crippen LogP contribution in [0, 0.1) is 5.92 Å². The molecule has 1 heterocycles. The van der Waals surface area contributed by atoms with Gasteiger partial charge >= 0.3 is 6.09 Å². The maximum Gasteiger partial charge on any atom is 0.410 e. The van der Waals surface area contributed by atoms with Crippen LogP contribution in [-0.2, 0) is 4.74 Å². The number of amides is 2. The van der Waals surface area contributed by atoms with Gasteiger partial charge < -0.3 is 25.4 Å². The SMILES string of the molecule is COc1cc(C(=O)NCC2CCN(C(=O)OC(C)(C)C)C2)ccc1N. The lowest BCUT2D eigenvalue weighted by atomic mass is 10.1. The number of anilines is 1. The lowest BCUT2D eigenvalue weighted by Crippen LogP contribution is -2.36. The van der Waals surface area contributed by atoms with E-state index in [1.807, 2.05) is 20.8 Å². The van der Waals surface area contributed by atoms with Gasteiger partial charge in [0.1, 0.15) is 11.4 Å². The third-order valence-corrected chi connectivity index (χ3v) is 3.98. The number of ether oxygens (including phenoxy) is 2. The summed E-state index contributed by atoms with van der Waals surface area (Å²) < 4.78 is 10.5. The summed E-state index contributed by atoms with van der Waals surface area (Å²) in [5, 5.41) is 2.91. The van der Waals surface area contributed by atoms with Gasteiger partial charge in [0.2, 0.25) is 0 Å². The number of carbonyl (C=O) groups excluding carboxylic acids is 2. The Hall–Kier alpha value is -2.44. The van der Waals surface area contributed by atoms with Gasteiger partial charge in [-0.05, 0) is 51.3 Å². The molecule has 7 nitrogen and oxygen atoms in total. The van der Waals surface area contributed by atoms with E-state index in [0.717, 1.165) is 6.42 Å². The number of nitrogen functional groups attached to an aromatic ring is 1. The molecule has 3 N–H and O–H groups in total. The highest BCUT2D eigenvalue weighted by atomic mass is 16.6. The number of rotatable bonds is 4. The van der Waals surface area contributed by atoms with Gasteiger partial charge in [0.15, 0.2) is 0 Å². The van der Waals surface area contributed by atoms with Gasteiger partial charge in [0.05, 0.1) is 12.8 Å². The van der Waals surface area contributed by atoms with Crippen molar-refractivity contribution in [1.29, 1.82) is 0 Å². The predicted octanol–water partition coefficient (Wildman–Crippen LogP) is 2.26. The lowest BCUT2D eigenvalue weighted by molar-refractivity contribution is 0.0288. The molecule has 0 aromatic heterocycles. The van der Waals surface area contributed by atoms with Crippen molar-refractivity contribution in [2.24, 2.45) is 5.92 Å². The Kier molecular flexibility index (Phi) is 5.77. The molecule has 138 valence electrons. The first-order valence-electron chi connectivity index (χ1n) is 8.39. The zero-order valence-corrected chi connectivity index (χ0v) is 15.3. The molecule has 1 saturated heterocycles. The summed E-state index contributed by atoms with van der Waals surface area (Å²) in [6, 6.07) is 4.93. The molecule has 25 heavy (non-hydrogen) atoms.